The normalized spacial score (nSPS) is 35.2. The Balaban J connectivity index is 1.35. The number of ether oxygens (including phenoxy) is 2. The van der Waals surface area contributed by atoms with Gasteiger partial charge in [0.1, 0.15) is 41.5 Å². The topological polar surface area (TPSA) is 273 Å². The van der Waals surface area contributed by atoms with Crippen LogP contribution in [0.3, 0.4) is 0 Å². The van der Waals surface area contributed by atoms with Crippen LogP contribution in [-0.4, -0.2) is 127 Å². The summed E-state index contributed by atoms with van der Waals surface area (Å²) in [4.78, 5) is 82.1. The molecule has 1 aromatic carbocycles. The van der Waals surface area contributed by atoms with Crippen LogP contribution in [0.1, 0.15) is 145 Å². The summed E-state index contributed by atoms with van der Waals surface area (Å²) in [5.41, 5.74) is 2.94. The molecule has 4 heterocycles. The summed E-state index contributed by atoms with van der Waals surface area (Å²) < 4.78 is 12.9. The number of aromatic hydroxyl groups is 1. The van der Waals surface area contributed by atoms with Gasteiger partial charge in [-0.1, -0.05) is 110 Å². The minimum absolute atomic E-state index is 0.0261. The number of phenols is 1. The Kier molecular flexibility index (Phi) is 23.2. The monoisotopic (exact) mass is 1080 g/mol. The van der Waals surface area contributed by atoms with E-state index in [4.69, 9.17) is 9.47 Å². The lowest BCUT2D eigenvalue weighted by molar-refractivity contribution is -0.267. The number of carbonyl (C=O) groups is 6. The molecule has 428 valence electrons. The number of aliphatic hydroxyl groups excluding tert-OH is 4. The zero-order valence-corrected chi connectivity index (χ0v) is 46.9. The van der Waals surface area contributed by atoms with Crippen molar-refractivity contribution in [3.8, 4) is 5.75 Å². The molecular formula is C59H89N5O13. The molecule has 9 N–H and O–H groups in total. The molecule has 0 saturated carbocycles. The maximum atomic E-state index is 14.5. The number of carbonyl (C=O) groups excluding carboxylic acids is 6. The lowest BCUT2D eigenvalue weighted by Crippen LogP contribution is -2.71. The van der Waals surface area contributed by atoms with Crippen molar-refractivity contribution < 1.29 is 63.8 Å². The third-order valence-corrected chi connectivity index (χ3v) is 16.7. The first-order valence-corrected chi connectivity index (χ1v) is 28.0. The summed E-state index contributed by atoms with van der Waals surface area (Å²) in [6.07, 6.45) is 10.6. The van der Waals surface area contributed by atoms with E-state index in [-0.39, 0.29) is 78.4 Å². The predicted octanol–water partition coefficient (Wildman–Crippen LogP) is 5.54. The Hall–Kier alpha value is -5.24. The van der Waals surface area contributed by atoms with Gasteiger partial charge in [-0.3, -0.25) is 29.0 Å². The smallest absolute Gasteiger partial charge is 0.325 e. The van der Waals surface area contributed by atoms with E-state index in [2.05, 4.69) is 28.3 Å². The van der Waals surface area contributed by atoms with Crippen LogP contribution in [0.2, 0.25) is 0 Å². The molecule has 4 aliphatic heterocycles. The number of hydrogen-bond acceptors (Lipinski definition) is 14. The maximum Gasteiger partial charge on any atom is 0.325 e. The molecule has 0 aliphatic carbocycles. The second-order valence-electron chi connectivity index (χ2n) is 22.8. The summed E-state index contributed by atoms with van der Waals surface area (Å²) in [6.45, 7) is 18.2. The quantitative estimate of drug-likeness (QED) is 0.0819. The minimum Gasteiger partial charge on any atom is -0.508 e. The van der Waals surface area contributed by atoms with Crippen LogP contribution in [0.5, 0.6) is 5.75 Å². The Morgan fingerprint density at radius 1 is 0.948 bits per heavy atom. The number of ketones is 1. The van der Waals surface area contributed by atoms with E-state index in [0.717, 1.165) is 6.42 Å². The second-order valence-corrected chi connectivity index (χ2v) is 22.8. The van der Waals surface area contributed by atoms with Gasteiger partial charge in [-0.15, -0.1) is 0 Å². The first kappa shape index (κ1) is 62.6. The summed E-state index contributed by atoms with van der Waals surface area (Å²) in [7, 11) is 0. The fourth-order valence-electron chi connectivity index (χ4n) is 11.1. The van der Waals surface area contributed by atoms with Gasteiger partial charge in [0.05, 0.1) is 36.4 Å². The molecule has 1 spiro atoms. The number of nitrogens with zero attached hydrogens (tertiary/aromatic N) is 1. The highest BCUT2D eigenvalue weighted by Gasteiger charge is 2.57. The predicted molar refractivity (Wildman–Crippen MR) is 291 cm³/mol. The van der Waals surface area contributed by atoms with Crippen molar-refractivity contribution in [2.75, 3.05) is 6.54 Å². The van der Waals surface area contributed by atoms with Crippen molar-refractivity contribution in [2.45, 2.75) is 194 Å². The number of Topliss-reactive ketones (excluding diaryl/α,β-unsaturated/α-hetero) is 1. The number of phenolic OH excluding ortho intramolecular Hbond substituents is 1. The van der Waals surface area contributed by atoms with Crippen LogP contribution in [0.25, 0.3) is 0 Å². The van der Waals surface area contributed by atoms with Crippen molar-refractivity contribution in [3.63, 3.8) is 0 Å². The highest BCUT2D eigenvalue weighted by atomic mass is 16.5. The number of amides is 4. The molecule has 3 fully saturated rings. The van der Waals surface area contributed by atoms with Crippen molar-refractivity contribution in [2.24, 2.45) is 47.3 Å². The van der Waals surface area contributed by atoms with Gasteiger partial charge in [0.25, 0.3) is 5.91 Å². The number of cyclic esters (lactones) is 1. The van der Waals surface area contributed by atoms with E-state index in [9.17, 15) is 54.3 Å². The summed E-state index contributed by atoms with van der Waals surface area (Å²) in [5, 5.41) is 66.1. The van der Waals surface area contributed by atoms with E-state index in [0.29, 0.717) is 44.1 Å². The number of esters is 1. The lowest BCUT2D eigenvalue weighted by atomic mass is 9.69. The number of fused-ring (bicyclic) bond motifs is 2. The molecule has 2 bridgehead atoms. The Bertz CT molecular complexity index is 2320. The molecule has 18 heteroatoms. The first-order valence-electron chi connectivity index (χ1n) is 28.0. The number of piperidine rings is 1. The molecular weight excluding hydrogens is 987 g/mol. The molecule has 4 amide bonds. The Labute approximate surface area is 455 Å². The van der Waals surface area contributed by atoms with Gasteiger partial charge in [0.15, 0.2) is 0 Å². The summed E-state index contributed by atoms with van der Waals surface area (Å²) in [6, 6.07) is 2.26. The number of allylic oxidation sites excluding steroid dienone is 5. The molecule has 3 saturated heterocycles. The second kappa shape index (κ2) is 28.6. The molecule has 4 aliphatic rings. The van der Waals surface area contributed by atoms with E-state index in [1.807, 2.05) is 52.8 Å². The molecule has 77 heavy (non-hydrogen) atoms. The molecule has 17 atom stereocenters. The van der Waals surface area contributed by atoms with Gasteiger partial charge in [0, 0.05) is 55.4 Å². The minimum atomic E-state index is -1.44. The van der Waals surface area contributed by atoms with Crippen LogP contribution in [-0.2, 0) is 38.2 Å². The highest BCUT2D eigenvalue weighted by molar-refractivity contribution is 5.93. The van der Waals surface area contributed by atoms with Crippen molar-refractivity contribution in [3.05, 3.63) is 77.9 Å². The van der Waals surface area contributed by atoms with E-state index < -0.39 is 102 Å². The molecule has 0 aromatic heterocycles. The van der Waals surface area contributed by atoms with Gasteiger partial charge >= 0.3 is 5.97 Å². The fraction of sp³-hybridized carbons (Fsp3) is 0.661. The highest BCUT2D eigenvalue weighted by Crippen LogP contribution is 2.46. The van der Waals surface area contributed by atoms with Crippen LogP contribution < -0.4 is 21.4 Å². The third kappa shape index (κ3) is 16.2. The fourth-order valence-corrected chi connectivity index (χ4v) is 11.1. The number of rotatable bonds is 14. The number of hydrazine groups is 1. The molecule has 1 aromatic rings. The van der Waals surface area contributed by atoms with Gasteiger partial charge < -0.3 is 55.8 Å². The number of nitrogens with one attached hydrogen (secondary N) is 4. The van der Waals surface area contributed by atoms with Gasteiger partial charge in [0.2, 0.25) is 17.7 Å². The number of aliphatic hydroxyl groups is 4. The zero-order chi connectivity index (χ0) is 56.9. The molecule has 5 rings (SSSR count). The van der Waals surface area contributed by atoms with E-state index in [1.165, 1.54) is 36.2 Å². The Morgan fingerprint density at radius 3 is 2.35 bits per heavy atom. The van der Waals surface area contributed by atoms with Crippen molar-refractivity contribution >= 4 is 35.4 Å². The Morgan fingerprint density at radius 2 is 1.68 bits per heavy atom. The lowest BCUT2D eigenvalue weighted by Gasteiger charge is -2.56. The average Bonchev–Trinajstić information content (AvgIpc) is 3.39. The van der Waals surface area contributed by atoms with Crippen LogP contribution in [0.4, 0.5) is 0 Å². The van der Waals surface area contributed by atoms with Gasteiger partial charge in [-0.05, 0) is 93.9 Å². The van der Waals surface area contributed by atoms with Crippen molar-refractivity contribution in [1.82, 2.24) is 26.4 Å². The van der Waals surface area contributed by atoms with Gasteiger partial charge in [-0.25, -0.2) is 5.43 Å². The number of hydrogen-bond donors (Lipinski definition) is 9. The van der Waals surface area contributed by atoms with E-state index >= 15 is 0 Å². The maximum absolute atomic E-state index is 14.5. The molecule has 2 unspecified atom stereocenters. The van der Waals surface area contributed by atoms with Crippen LogP contribution in [0.15, 0.2) is 72.4 Å². The SMILES string of the molecule is CC[C@H]1C[C@H](C)[C@@]2(NC1=O)O[C@@H](C[C@H](O)[C@@H](C)CC/C=C/C=C(\C)[C@@H]1C/C=C/C=C/[C@H](O)[C@H](C)[C@@H](O)[C@@H](CCC(C)=O)C(=O)N[C@@H](C(C)C)C(=O)NC(c3cccc(O)c3)C(=O)N3CCCC(N3)C(=O)O1)[C@H](C)[C@H](O)[C@@H]2C. The zero-order valence-electron chi connectivity index (χ0n) is 46.9. The largest absolute Gasteiger partial charge is 0.508 e. The summed E-state index contributed by atoms with van der Waals surface area (Å²) in [5.74, 6) is -6.64. The van der Waals surface area contributed by atoms with Crippen LogP contribution in [0, 0.1) is 47.3 Å². The molecule has 0 radical (unpaired) electrons. The van der Waals surface area contributed by atoms with Crippen molar-refractivity contribution in [1.29, 1.82) is 0 Å². The molecule has 18 nitrogen and oxygen atoms in total. The third-order valence-electron chi connectivity index (χ3n) is 16.7. The van der Waals surface area contributed by atoms with Gasteiger partial charge in [-0.2, -0.15) is 0 Å². The first-order chi connectivity index (χ1) is 36.4. The van der Waals surface area contributed by atoms with Crippen LogP contribution >= 0.6 is 0 Å². The van der Waals surface area contributed by atoms with E-state index in [1.54, 1.807) is 45.1 Å². The average molecular weight is 1080 g/mol. The standard InChI is InChI=1S/C59H89N5O13/c1-11-41-30-36(6)59(62-54(41)71)40(10)52(69)39(9)49(77-59)32-47(68)34(4)20-14-12-15-21-35(5)48-26-17-13-16-25-46(67)38(8)53(70)44(28-27-37(7)65)55(72)60-50(33(2)3)56(73)61-51(42-22-18-23-43(66)31-42)57(74)64-29-19-24-45(63-64)58(75)76-48/h12-13,15-18,21-23,25,31,33-34,36,38-41,44-53,63,66-70H,11,14,19-20,24,26-30,32H2,1-10H3,(H,60,72)(H,61,73)(H,62,71)/b15-12+,17-13+,25-16+,35-21+/t34-,36-,38-,39-,40-,41-,44+,45?,46-,47-,48-,49-,50-,51?,52-,53+,59+/m0/s1. The summed E-state index contributed by atoms with van der Waals surface area (Å²) >= 11 is 0. The number of benzene rings is 1.